The Balaban J connectivity index is 2.94. The number of benzene rings is 1. The van der Waals surface area contributed by atoms with E-state index in [1.54, 1.807) is 0 Å². The topological polar surface area (TPSA) is 4.93 Å². The highest BCUT2D eigenvalue weighted by molar-refractivity contribution is 9.10. The van der Waals surface area contributed by atoms with Gasteiger partial charge in [0.15, 0.2) is 0 Å². The van der Waals surface area contributed by atoms with Crippen LogP contribution in [0.2, 0.25) is 5.02 Å². The zero-order valence-electron chi connectivity index (χ0n) is 8.14. The van der Waals surface area contributed by atoms with E-state index in [0.717, 1.165) is 21.3 Å². The van der Waals surface area contributed by atoms with Crippen LogP contribution in [0.25, 0.3) is 10.9 Å². The Morgan fingerprint density at radius 2 is 2.14 bits per heavy atom. The first kappa shape index (κ1) is 10.1. The summed E-state index contributed by atoms with van der Waals surface area (Å²) >= 11 is 9.77. The quantitative estimate of drug-likeness (QED) is 0.735. The number of rotatable bonds is 1. The molecule has 0 radical (unpaired) electrons. The molecule has 0 spiro atoms. The van der Waals surface area contributed by atoms with Gasteiger partial charge < -0.3 is 4.57 Å². The van der Waals surface area contributed by atoms with Crippen molar-refractivity contribution in [1.82, 2.24) is 4.57 Å². The van der Waals surface area contributed by atoms with E-state index >= 15 is 0 Å². The number of hydrogen-bond acceptors (Lipinski definition) is 0. The minimum atomic E-state index is 0.810. The van der Waals surface area contributed by atoms with E-state index < -0.39 is 0 Å². The fourth-order valence-corrected chi connectivity index (χ4v) is 3.18. The fourth-order valence-electron chi connectivity index (χ4n) is 1.84. The molecule has 0 atom stereocenters. The lowest BCUT2D eigenvalue weighted by Crippen LogP contribution is -1.93. The normalized spacial score (nSPS) is 11.1. The van der Waals surface area contributed by atoms with Gasteiger partial charge in [-0.05, 0) is 34.5 Å². The van der Waals surface area contributed by atoms with Crippen molar-refractivity contribution in [2.75, 3.05) is 0 Å². The van der Waals surface area contributed by atoms with E-state index in [2.05, 4.69) is 40.5 Å². The Bertz CT molecular complexity index is 487. The summed E-state index contributed by atoms with van der Waals surface area (Å²) in [5.41, 5.74) is 2.47. The van der Waals surface area contributed by atoms with Gasteiger partial charge in [0, 0.05) is 22.6 Å². The maximum atomic E-state index is 6.16. The molecule has 2 aromatic rings. The summed E-state index contributed by atoms with van der Waals surface area (Å²) in [6.45, 7) is 2.15. The number of hydrogen-bond donors (Lipinski definition) is 0. The molecular formula is C11H11BrClN. The summed E-state index contributed by atoms with van der Waals surface area (Å²) in [6, 6.07) is 6.00. The van der Waals surface area contributed by atoms with Crippen LogP contribution >= 0.6 is 27.5 Å². The first-order valence-electron chi connectivity index (χ1n) is 4.58. The van der Waals surface area contributed by atoms with Gasteiger partial charge in [-0.25, -0.2) is 0 Å². The fraction of sp³-hybridized carbons (Fsp3) is 0.273. The zero-order valence-corrected chi connectivity index (χ0v) is 10.5. The Morgan fingerprint density at radius 1 is 1.43 bits per heavy atom. The Morgan fingerprint density at radius 3 is 2.71 bits per heavy atom. The lowest BCUT2D eigenvalue weighted by Gasteiger charge is -2.00. The number of halogens is 2. The number of nitrogens with zero attached hydrogens (tertiary/aromatic N) is 1. The van der Waals surface area contributed by atoms with Crippen LogP contribution in [0.4, 0.5) is 0 Å². The van der Waals surface area contributed by atoms with Gasteiger partial charge in [0.2, 0.25) is 0 Å². The second-order valence-corrected chi connectivity index (χ2v) is 4.51. The Hall–Kier alpha value is -0.470. The highest BCUT2D eigenvalue weighted by Gasteiger charge is 2.13. The van der Waals surface area contributed by atoms with E-state index in [1.807, 2.05) is 12.1 Å². The highest BCUT2D eigenvalue weighted by Crippen LogP contribution is 2.35. The van der Waals surface area contributed by atoms with Gasteiger partial charge in [0.1, 0.15) is 0 Å². The molecule has 1 nitrogen and oxygen atoms in total. The molecule has 0 aliphatic heterocycles. The minimum absolute atomic E-state index is 0.810. The molecule has 1 aromatic carbocycles. The van der Waals surface area contributed by atoms with Gasteiger partial charge in [-0.2, -0.15) is 0 Å². The molecule has 0 unspecified atom stereocenters. The molecule has 0 saturated heterocycles. The predicted octanol–water partition coefficient (Wildman–Crippen LogP) is 4.16. The van der Waals surface area contributed by atoms with Gasteiger partial charge in [-0.1, -0.05) is 24.6 Å². The SMILES string of the molecule is CCc1c(Br)c2c(Cl)cccc2n1C. The van der Waals surface area contributed by atoms with Crippen molar-refractivity contribution in [1.29, 1.82) is 0 Å². The number of aromatic nitrogens is 1. The third-order valence-corrected chi connectivity index (χ3v) is 3.73. The summed E-state index contributed by atoms with van der Waals surface area (Å²) in [5.74, 6) is 0. The molecule has 3 heteroatoms. The molecule has 1 heterocycles. The third-order valence-electron chi connectivity index (χ3n) is 2.57. The monoisotopic (exact) mass is 271 g/mol. The number of fused-ring (bicyclic) bond motifs is 1. The predicted molar refractivity (Wildman–Crippen MR) is 65.0 cm³/mol. The van der Waals surface area contributed by atoms with Crippen molar-refractivity contribution >= 4 is 38.4 Å². The van der Waals surface area contributed by atoms with Crippen LogP contribution in [0.1, 0.15) is 12.6 Å². The van der Waals surface area contributed by atoms with Crippen molar-refractivity contribution in [2.45, 2.75) is 13.3 Å². The Labute approximate surface area is 96.8 Å². The first-order valence-corrected chi connectivity index (χ1v) is 5.75. The lowest BCUT2D eigenvalue weighted by molar-refractivity contribution is 0.860. The number of aryl methyl sites for hydroxylation is 1. The van der Waals surface area contributed by atoms with Crippen LogP contribution < -0.4 is 0 Å². The molecule has 0 saturated carbocycles. The summed E-state index contributed by atoms with van der Waals surface area (Å²) in [5, 5.41) is 1.93. The Kier molecular flexibility index (Phi) is 2.58. The summed E-state index contributed by atoms with van der Waals surface area (Å²) in [7, 11) is 2.07. The van der Waals surface area contributed by atoms with Crippen molar-refractivity contribution in [3.05, 3.63) is 33.4 Å². The maximum absolute atomic E-state index is 6.16. The zero-order chi connectivity index (χ0) is 10.3. The molecule has 0 N–H and O–H groups in total. The first-order chi connectivity index (χ1) is 6.66. The second kappa shape index (κ2) is 3.59. The third kappa shape index (κ3) is 1.29. The van der Waals surface area contributed by atoms with Crippen molar-refractivity contribution in [2.24, 2.45) is 7.05 Å². The van der Waals surface area contributed by atoms with E-state index in [-0.39, 0.29) is 0 Å². The van der Waals surface area contributed by atoms with Gasteiger partial charge >= 0.3 is 0 Å². The van der Waals surface area contributed by atoms with Crippen LogP contribution in [0.5, 0.6) is 0 Å². The van der Waals surface area contributed by atoms with Crippen LogP contribution in [0.15, 0.2) is 22.7 Å². The minimum Gasteiger partial charge on any atom is -0.346 e. The van der Waals surface area contributed by atoms with E-state index in [0.29, 0.717) is 0 Å². The van der Waals surface area contributed by atoms with Crippen LogP contribution in [-0.2, 0) is 13.5 Å². The standard InChI is InChI=1S/C11H11BrClN/c1-3-8-11(12)10-7(13)5-4-6-9(10)14(8)2/h4-6H,3H2,1-2H3. The van der Waals surface area contributed by atoms with Gasteiger partial charge in [0.05, 0.1) is 10.5 Å². The molecule has 0 aliphatic carbocycles. The largest absolute Gasteiger partial charge is 0.346 e. The van der Waals surface area contributed by atoms with Crippen molar-refractivity contribution in [3.8, 4) is 0 Å². The molecule has 74 valence electrons. The second-order valence-electron chi connectivity index (χ2n) is 3.31. The average molecular weight is 273 g/mol. The van der Waals surface area contributed by atoms with Crippen molar-refractivity contribution in [3.63, 3.8) is 0 Å². The molecule has 1 aromatic heterocycles. The van der Waals surface area contributed by atoms with E-state index in [1.165, 1.54) is 11.2 Å². The van der Waals surface area contributed by atoms with Crippen LogP contribution in [0.3, 0.4) is 0 Å². The molecular weight excluding hydrogens is 261 g/mol. The molecule has 0 aliphatic rings. The maximum Gasteiger partial charge on any atom is 0.0511 e. The van der Waals surface area contributed by atoms with Crippen molar-refractivity contribution < 1.29 is 0 Å². The van der Waals surface area contributed by atoms with Gasteiger partial charge in [-0.3, -0.25) is 0 Å². The van der Waals surface area contributed by atoms with Gasteiger partial charge in [-0.15, -0.1) is 0 Å². The molecule has 0 bridgehead atoms. The van der Waals surface area contributed by atoms with Gasteiger partial charge in [0.25, 0.3) is 0 Å². The molecule has 14 heavy (non-hydrogen) atoms. The van der Waals surface area contributed by atoms with E-state index in [4.69, 9.17) is 11.6 Å². The smallest absolute Gasteiger partial charge is 0.0511 e. The van der Waals surface area contributed by atoms with Crippen LogP contribution in [-0.4, -0.2) is 4.57 Å². The average Bonchev–Trinajstić information content (AvgIpc) is 2.41. The molecule has 2 rings (SSSR count). The van der Waals surface area contributed by atoms with Crippen LogP contribution in [0, 0.1) is 0 Å². The summed E-state index contributed by atoms with van der Waals surface area (Å²) in [6.07, 6.45) is 1.00. The molecule has 0 amide bonds. The summed E-state index contributed by atoms with van der Waals surface area (Å²) < 4.78 is 3.31. The highest BCUT2D eigenvalue weighted by atomic mass is 79.9. The van der Waals surface area contributed by atoms with E-state index in [9.17, 15) is 0 Å². The summed E-state index contributed by atoms with van der Waals surface area (Å²) in [4.78, 5) is 0. The molecule has 0 fully saturated rings. The lowest BCUT2D eigenvalue weighted by atomic mass is 10.2.